The van der Waals surface area contributed by atoms with Crippen molar-refractivity contribution in [1.82, 2.24) is 10.2 Å². The van der Waals surface area contributed by atoms with Crippen LogP contribution >= 0.6 is 11.6 Å². The topological polar surface area (TPSA) is 53.9 Å². The minimum atomic E-state index is -0.699. The highest BCUT2D eigenvalue weighted by atomic mass is 35.5. The van der Waals surface area contributed by atoms with Gasteiger partial charge in [0.25, 0.3) is 0 Å². The van der Waals surface area contributed by atoms with E-state index in [1.807, 2.05) is 18.2 Å². The predicted molar refractivity (Wildman–Crippen MR) is 103 cm³/mol. The maximum absolute atomic E-state index is 14.0. The highest BCUT2D eigenvalue weighted by molar-refractivity contribution is 6.34. The summed E-state index contributed by atoms with van der Waals surface area (Å²) >= 11 is 6.20. The van der Waals surface area contributed by atoms with Gasteiger partial charge in [-0.15, -0.1) is 0 Å². The Morgan fingerprint density at radius 2 is 2.11 bits per heavy atom. The Morgan fingerprint density at radius 1 is 1.32 bits per heavy atom. The molecule has 1 aliphatic rings. The summed E-state index contributed by atoms with van der Waals surface area (Å²) in [5.41, 5.74) is 1.69. The average molecular weight is 408 g/mol. The molecule has 0 spiro atoms. The van der Waals surface area contributed by atoms with E-state index < -0.39 is 17.7 Å². The molecule has 28 heavy (non-hydrogen) atoms. The molecule has 2 aromatic rings. The summed E-state index contributed by atoms with van der Waals surface area (Å²) in [5.74, 6) is -1.36. The van der Waals surface area contributed by atoms with E-state index in [1.165, 1.54) is 17.0 Å². The number of hydrogen-bond donors (Lipinski definition) is 1. The molecular weight excluding hydrogens is 388 g/mol. The van der Waals surface area contributed by atoms with Crippen LogP contribution in [-0.4, -0.2) is 35.8 Å². The van der Waals surface area contributed by atoms with Gasteiger partial charge in [0, 0.05) is 35.2 Å². The molecular formula is C20H20ClF2N3O2. The molecule has 0 fully saturated rings. The zero-order valence-corrected chi connectivity index (χ0v) is 16.0. The van der Waals surface area contributed by atoms with Gasteiger partial charge < -0.3 is 15.1 Å². The van der Waals surface area contributed by atoms with Crippen molar-refractivity contribution in [2.24, 2.45) is 5.16 Å². The van der Waals surface area contributed by atoms with E-state index in [0.29, 0.717) is 23.7 Å². The monoisotopic (exact) mass is 407 g/mol. The molecule has 2 aromatic carbocycles. The summed E-state index contributed by atoms with van der Waals surface area (Å²) < 4.78 is 27.2. The van der Waals surface area contributed by atoms with E-state index in [1.54, 1.807) is 13.0 Å². The SMILES string of the molecule is CCNC(=O)N(Cc1ccc(F)cc1F)CC1CC(c2ccccc2Cl)=NO1. The third-order valence-electron chi connectivity index (χ3n) is 4.33. The number of nitrogens with zero attached hydrogens (tertiary/aromatic N) is 2. The average Bonchev–Trinajstić information content (AvgIpc) is 3.12. The van der Waals surface area contributed by atoms with E-state index in [4.69, 9.17) is 16.4 Å². The molecule has 148 valence electrons. The lowest BCUT2D eigenvalue weighted by molar-refractivity contribution is 0.0588. The van der Waals surface area contributed by atoms with Crippen molar-refractivity contribution in [3.8, 4) is 0 Å². The zero-order chi connectivity index (χ0) is 20.1. The van der Waals surface area contributed by atoms with Gasteiger partial charge in [0.1, 0.15) is 11.6 Å². The van der Waals surface area contributed by atoms with E-state index >= 15 is 0 Å². The van der Waals surface area contributed by atoms with Gasteiger partial charge in [-0.1, -0.05) is 41.0 Å². The normalized spacial score (nSPS) is 15.7. The number of benzene rings is 2. The second kappa shape index (κ2) is 9.01. The van der Waals surface area contributed by atoms with Gasteiger partial charge in [0.05, 0.1) is 18.8 Å². The van der Waals surface area contributed by atoms with Crippen LogP contribution in [0.2, 0.25) is 5.02 Å². The number of rotatable bonds is 6. The highest BCUT2D eigenvalue weighted by Gasteiger charge is 2.28. The quantitative estimate of drug-likeness (QED) is 0.774. The van der Waals surface area contributed by atoms with Crippen LogP contribution in [0.25, 0.3) is 0 Å². The Bertz CT molecular complexity index is 892. The Balaban J connectivity index is 1.70. The van der Waals surface area contributed by atoms with Crippen molar-refractivity contribution < 1.29 is 18.4 Å². The first kappa shape index (κ1) is 20.1. The molecule has 0 saturated carbocycles. The van der Waals surface area contributed by atoms with Gasteiger partial charge >= 0.3 is 6.03 Å². The molecule has 2 amide bonds. The summed E-state index contributed by atoms with van der Waals surface area (Å²) in [6, 6.07) is 10.2. The largest absolute Gasteiger partial charge is 0.390 e. The van der Waals surface area contributed by atoms with Crippen molar-refractivity contribution in [1.29, 1.82) is 0 Å². The number of oxime groups is 1. The minimum Gasteiger partial charge on any atom is -0.390 e. The number of hydrogen-bond acceptors (Lipinski definition) is 3. The van der Waals surface area contributed by atoms with E-state index in [0.717, 1.165) is 11.6 Å². The summed E-state index contributed by atoms with van der Waals surface area (Å²) in [6.45, 7) is 2.40. The Kier molecular flexibility index (Phi) is 6.46. The molecule has 1 N–H and O–H groups in total. The molecule has 5 nitrogen and oxygen atoms in total. The fourth-order valence-electron chi connectivity index (χ4n) is 2.96. The molecule has 1 aliphatic heterocycles. The van der Waals surface area contributed by atoms with Crippen molar-refractivity contribution in [2.45, 2.75) is 26.0 Å². The predicted octanol–water partition coefficient (Wildman–Crippen LogP) is 4.34. The number of halogens is 3. The number of amides is 2. The third-order valence-corrected chi connectivity index (χ3v) is 4.66. The van der Waals surface area contributed by atoms with Crippen molar-refractivity contribution >= 4 is 23.3 Å². The molecule has 0 aromatic heterocycles. The summed E-state index contributed by atoms with van der Waals surface area (Å²) in [5, 5.41) is 7.36. The number of nitrogens with one attached hydrogen (secondary N) is 1. The molecule has 0 saturated heterocycles. The smallest absolute Gasteiger partial charge is 0.317 e. The fourth-order valence-corrected chi connectivity index (χ4v) is 3.21. The van der Waals surface area contributed by atoms with Gasteiger partial charge in [-0.05, 0) is 19.1 Å². The molecule has 1 atom stereocenters. The Hall–Kier alpha value is -2.67. The summed E-state index contributed by atoms with van der Waals surface area (Å²) in [6.07, 6.45) is 0.0725. The Labute approximate surface area is 166 Å². The molecule has 0 bridgehead atoms. The molecule has 1 unspecified atom stereocenters. The van der Waals surface area contributed by atoms with Crippen LogP contribution in [0.3, 0.4) is 0 Å². The standard InChI is InChI=1S/C20H20ClF2N3O2/c1-2-24-20(27)26(11-13-7-8-14(22)9-18(13)23)12-15-10-19(25-28-15)16-5-3-4-6-17(16)21/h3-9,15H,2,10-12H2,1H3,(H,24,27). The van der Waals surface area contributed by atoms with Gasteiger partial charge in [0.15, 0.2) is 6.10 Å². The number of urea groups is 1. The van der Waals surface area contributed by atoms with Crippen molar-refractivity contribution in [2.75, 3.05) is 13.1 Å². The molecule has 8 heteroatoms. The van der Waals surface area contributed by atoms with Crippen LogP contribution < -0.4 is 5.32 Å². The first-order valence-corrected chi connectivity index (χ1v) is 9.30. The van der Waals surface area contributed by atoms with Gasteiger partial charge in [-0.2, -0.15) is 0 Å². The summed E-state index contributed by atoms with van der Waals surface area (Å²) in [4.78, 5) is 19.3. The van der Waals surface area contributed by atoms with Crippen molar-refractivity contribution in [3.63, 3.8) is 0 Å². The fraction of sp³-hybridized carbons (Fsp3) is 0.300. The first-order valence-electron chi connectivity index (χ1n) is 8.92. The number of carbonyl (C=O) groups is 1. The van der Waals surface area contributed by atoms with Crippen molar-refractivity contribution in [3.05, 3.63) is 70.2 Å². The van der Waals surface area contributed by atoms with Gasteiger partial charge in [-0.3, -0.25) is 0 Å². The van der Waals surface area contributed by atoms with E-state index in [9.17, 15) is 13.6 Å². The minimum absolute atomic E-state index is 0.0146. The van der Waals surface area contributed by atoms with Crippen LogP contribution in [0.15, 0.2) is 47.6 Å². The second-order valence-corrected chi connectivity index (χ2v) is 6.81. The van der Waals surface area contributed by atoms with Crippen LogP contribution in [0.1, 0.15) is 24.5 Å². The Morgan fingerprint density at radius 3 is 2.82 bits per heavy atom. The lowest BCUT2D eigenvalue weighted by atomic mass is 10.0. The maximum atomic E-state index is 14.0. The molecule has 0 aliphatic carbocycles. The summed E-state index contributed by atoms with van der Waals surface area (Å²) in [7, 11) is 0. The van der Waals surface area contributed by atoms with Gasteiger partial charge in [0.2, 0.25) is 0 Å². The van der Waals surface area contributed by atoms with Gasteiger partial charge in [-0.25, -0.2) is 13.6 Å². The third kappa shape index (κ3) is 4.78. The lowest BCUT2D eigenvalue weighted by Gasteiger charge is -2.25. The molecule has 3 rings (SSSR count). The molecule has 0 radical (unpaired) electrons. The second-order valence-electron chi connectivity index (χ2n) is 6.40. The van der Waals surface area contributed by atoms with Crippen LogP contribution in [-0.2, 0) is 11.4 Å². The zero-order valence-electron chi connectivity index (χ0n) is 15.3. The molecule has 1 heterocycles. The van der Waals surface area contributed by atoms with E-state index in [2.05, 4.69) is 10.5 Å². The van der Waals surface area contributed by atoms with Crippen LogP contribution in [0.5, 0.6) is 0 Å². The highest BCUT2D eigenvalue weighted by Crippen LogP contribution is 2.24. The maximum Gasteiger partial charge on any atom is 0.317 e. The number of carbonyl (C=O) groups excluding carboxylic acids is 1. The van der Waals surface area contributed by atoms with Crippen LogP contribution in [0.4, 0.5) is 13.6 Å². The van der Waals surface area contributed by atoms with Crippen LogP contribution in [0, 0.1) is 11.6 Å². The lowest BCUT2D eigenvalue weighted by Crippen LogP contribution is -2.43. The first-order chi connectivity index (χ1) is 13.5. The van der Waals surface area contributed by atoms with E-state index in [-0.39, 0.29) is 24.7 Å².